The molecule has 0 aliphatic rings. The number of nitrogens with one attached hydrogen (secondary N) is 2. The van der Waals surface area contributed by atoms with Crippen molar-refractivity contribution in [2.24, 2.45) is 0 Å². The Hall–Kier alpha value is -2.57. The number of hydrogen-bond donors (Lipinski definition) is 2. The van der Waals surface area contributed by atoms with Crippen molar-refractivity contribution in [2.45, 2.75) is 19.4 Å². The van der Waals surface area contributed by atoms with Gasteiger partial charge in [0.15, 0.2) is 6.61 Å². The van der Waals surface area contributed by atoms with Crippen molar-refractivity contribution >= 4 is 41.0 Å². The average Bonchev–Trinajstić information content (AvgIpc) is 2.69. The van der Waals surface area contributed by atoms with Crippen LogP contribution >= 0.6 is 23.2 Å². The van der Waals surface area contributed by atoms with Crippen molar-refractivity contribution in [1.82, 2.24) is 10.6 Å². The topological polar surface area (TPSA) is 84.5 Å². The Morgan fingerprint density at radius 3 is 2.36 bits per heavy atom. The van der Waals surface area contributed by atoms with Crippen molar-refractivity contribution in [3.05, 3.63) is 69.7 Å². The fraction of sp³-hybridized carbons (Fsp3) is 0.250. The minimum absolute atomic E-state index is 0.0959. The highest BCUT2D eigenvalue weighted by atomic mass is 35.5. The molecule has 0 aliphatic heterocycles. The predicted octanol–water partition coefficient (Wildman–Crippen LogP) is 3.36. The summed E-state index contributed by atoms with van der Waals surface area (Å²) in [5.41, 5.74) is 1.27. The lowest BCUT2D eigenvalue weighted by molar-refractivity contribution is -0.148. The lowest BCUT2D eigenvalue weighted by atomic mass is 10.2. The minimum Gasteiger partial charge on any atom is -0.456 e. The number of rotatable bonds is 9. The summed E-state index contributed by atoms with van der Waals surface area (Å²) >= 11 is 11.8. The van der Waals surface area contributed by atoms with Crippen LogP contribution in [0, 0.1) is 0 Å². The van der Waals surface area contributed by atoms with Crippen LogP contribution in [0.3, 0.4) is 0 Å². The van der Waals surface area contributed by atoms with Gasteiger partial charge in [-0.25, -0.2) is 0 Å². The summed E-state index contributed by atoms with van der Waals surface area (Å²) in [5, 5.41) is 6.44. The molecule has 0 spiro atoms. The molecule has 0 radical (unpaired) electrons. The van der Waals surface area contributed by atoms with E-state index in [1.807, 2.05) is 6.07 Å². The molecule has 0 atom stereocenters. The van der Waals surface area contributed by atoms with Crippen LogP contribution in [0.2, 0.25) is 10.0 Å². The zero-order chi connectivity index (χ0) is 20.4. The second-order valence-corrected chi connectivity index (χ2v) is 6.74. The van der Waals surface area contributed by atoms with E-state index < -0.39 is 11.9 Å². The monoisotopic (exact) mass is 422 g/mol. The van der Waals surface area contributed by atoms with Gasteiger partial charge in [0.2, 0.25) is 0 Å². The third kappa shape index (κ3) is 7.58. The smallest absolute Gasteiger partial charge is 0.306 e. The van der Waals surface area contributed by atoms with Gasteiger partial charge >= 0.3 is 5.97 Å². The number of halogens is 2. The molecular weight excluding hydrogens is 403 g/mol. The molecule has 6 nitrogen and oxygen atoms in total. The molecule has 2 aromatic carbocycles. The largest absolute Gasteiger partial charge is 0.456 e. The Labute approximate surface area is 173 Å². The molecule has 0 saturated heterocycles. The van der Waals surface area contributed by atoms with Gasteiger partial charge in [-0.2, -0.15) is 0 Å². The molecule has 2 N–H and O–H groups in total. The Bertz CT molecular complexity index is 825. The van der Waals surface area contributed by atoms with Gasteiger partial charge in [0.05, 0.1) is 0 Å². The highest BCUT2D eigenvalue weighted by Gasteiger charge is 2.09. The van der Waals surface area contributed by atoms with Crippen molar-refractivity contribution in [2.75, 3.05) is 13.2 Å². The zero-order valence-electron chi connectivity index (χ0n) is 15.0. The number of benzene rings is 2. The van der Waals surface area contributed by atoms with E-state index >= 15 is 0 Å². The summed E-state index contributed by atoms with van der Waals surface area (Å²) < 4.78 is 4.92. The molecule has 0 heterocycles. The molecular formula is C20H20Cl2N2O4. The molecule has 2 amide bonds. The quantitative estimate of drug-likeness (QED) is 0.479. The van der Waals surface area contributed by atoms with Crippen LogP contribution in [-0.4, -0.2) is 30.9 Å². The Kier molecular flexibility index (Phi) is 8.78. The van der Waals surface area contributed by atoms with Gasteiger partial charge in [-0.1, -0.05) is 41.4 Å². The number of esters is 1. The van der Waals surface area contributed by atoms with Crippen LogP contribution in [0.15, 0.2) is 48.5 Å². The van der Waals surface area contributed by atoms with E-state index in [4.69, 9.17) is 27.9 Å². The van der Waals surface area contributed by atoms with Gasteiger partial charge in [0, 0.05) is 35.1 Å². The zero-order valence-corrected chi connectivity index (χ0v) is 16.6. The molecule has 0 bridgehead atoms. The van der Waals surface area contributed by atoms with Gasteiger partial charge in [-0.05, 0) is 42.3 Å². The van der Waals surface area contributed by atoms with Gasteiger partial charge in [-0.15, -0.1) is 0 Å². The van der Waals surface area contributed by atoms with Crippen molar-refractivity contribution in [3.8, 4) is 0 Å². The number of carbonyl (C=O) groups is 3. The highest BCUT2D eigenvalue weighted by molar-refractivity contribution is 6.31. The van der Waals surface area contributed by atoms with E-state index in [9.17, 15) is 14.4 Å². The first-order chi connectivity index (χ1) is 13.5. The lowest BCUT2D eigenvalue weighted by Gasteiger charge is -2.08. The standard InChI is InChI=1S/C20H20Cl2N2O4/c21-16-9-7-14(8-10-16)20(27)23-11-3-6-19(26)28-13-18(25)24-12-15-4-1-2-5-17(15)22/h1-2,4-5,7-10H,3,6,11-13H2,(H,23,27)(H,24,25). The van der Waals surface area contributed by atoms with Gasteiger partial charge in [-0.3, -0.25) is 14.4 Å². The summed E-state index contributed by atoms with van der Waals surface area (Å²) in [6, 6.07) is 13.6. The number of amides is 2. The first kappa shape index (κ1) is 21.7. The Morgan fingerprint density at radius 2 is 1.64 bits per heavy atom. The molecule has 8 heteroatoms. The fourth-order valence-corrected chi connectivity index (χ4v) is 2.57. The van der Waals surface area contributed by atoms with Crippen LogP contribution in [0.25, 0.3) is 0 Å². The third-order valence-electron chi connectivity index (χ3n) is 3.75. The van der Waals surface area contributed by atoms with Crippen LogP contribution in [0.4, 0.5) is 0 Å². The van der Waals surface area contributed by atoms with Crippen LogP contribution < -0.4 is 10.6 Å². The summed E-state index contributed by atoms with van der Waals surface area (Å²) in [5.74, 6) is -1.16. The number of hydrogen-bond acceptors (Lipinski definition) is 4. The fourth-order valence-electron chi connectivity index (χ4n) is 2.24. The molecule has 0 saturated carbocycles. The van der Waals surface area contributed by atoms with E-state index in [1.165, 1.54) is 0 Å². The van der Waals surface area contributed by atoms with Crippen molar-refractivity contribution in [1.29, 1.82) is 0 Å². The average molecular weight is 423 g/mol. The van der Waals surface area contributed by atoms with Gasteiger partial charge in [0.25, 0.3) is 11.8 Å². The second-order valence-electron chi connectivity index (χ2n) is 5.90. The minimum atomic E-state index is -0.506. The first-order valence-electron chi connectivity index (χ1n) is 8.65. The summed E-state index contributed by atoms with van der Waals surface area (Å²) in [6.45, 7) is 0.211. The summed E-state index contributed by atoms with van der Waals surface area (Å²) in [7, 11) is 0. The molecule has 2 rings (SSSR count). The summed E-state index contributed by atoms with van der Waals surface area (Å²) in [4.78, 5) is 35.3. The highest BCUT2D eigenvalue weighted by Crippen LogP contribution is 2.14. The molecule has 28 heavy (non-hydrogen) atoms. The van der Waals surface area contributed by atoms with E-state index in [0.29, 0.717) is 28.6 Å². The number of ether oxygens (including phenoxy) is 1. The number of carbonyl (C=O) groups excluding carboxylic acids is 3. The molecule has 0 unspecified atom stereocenters. The van der Waals surface area contributed by atoms with E-state index in [0.717, 1.165) is 5.56 Å². The van der Waals surface area contributed by atoms with Crippen LogP contribution in [0.5, 0.6) is 0 Å². The summed E-state index contributed by atoms with van der Waals surface area (Å²) in [6.07, 6.45) is 0.498. The molecule has 2 aromatic rings. The first-order valence-corrected chi connectivity index (χ1v) is 9.41. The third-order valence-corrected chi connectivity index (χ3v) is 4.37. The maximum atomic E-state index is 11.9. The maximum absolute atomic E-state index is 11.9. The molecule has 148 valence electrons. The SMILES string of the molecule is O=C(COC(=O)CCCNC(=O)c1ccc(Cl)cc1)NCc1ccccc1Cl. The predicted molar refractivity (Wildman–Crippen MR) is 107 cm³/mol. The van der Waals surface area contributed by atoms with Crippen LogP contribution in [-0.2, 0) is 20.9 Å². The van der Waals surface area contributed by atoms with Gasteiger partial charge in [0.1, 0.15) is 0 Å². The maximum Gasteiger partial charge on any atom is 0.306 e. The van der Waals surface area contributed by atoms with E-state index in [1.54, 1.807) is 42.5 Å². The van der Waals surface area contributed by atoms with Gasteiger partial charge < -0.3 is 15.4 Å². The molecule has 0 aliphatic carbocycles. The van der Waals surface area contributed by atoms with Crippen molar-refractivity contribution < 1.29 is 19.1 Å². The normalized spacial score (nSPS) is 10.2. The Balaban J connectivity index is 1.58. The Morgan fingerprint density at radius 1 is 0.929 bits per heavy atom. The molecule has 0 aromatic heterocycles. The van der Waals surface area contributed by atoms with Crippen molar-refractivity contribution in [3.63, 3.8) is 0 Å². The van der Waals surface area contributed by atoms with E-state index in [-0.39, 0.29) is 25.5 Å². The van der Waals surface area contributed by atoms with E-state index in [2.05, 4.69) is 10.6 Å². The molecule has 0 fully saturated rings. The second kappa shape index (κ2) is 11.3. The van der Waals surface area contributed by atoms with Crippen LogP contribution in [0.1, 0.15) is 28.8 Å². The lowest BCUT2D eigenvalue weighted by Crippen LogP contribution is -2.29.